The Morgan fingerprint density at radius 3 is 2.37 bits per heavy atom. The lowest BCUT2D eigenvalue weighted by Gasteiger charge is -2.14. The topological polar surface area (TPSA) is 37.8 Å². The number of aromatic nitrogens is 2. The first-order chi connectivity index (χ1) is 14.8. The molecule has 2 aromatic carbocycles. The van der Waals surface area contributed by atoms with E-state index < -0.39 is 0 Å². The number of benzene rings is 2. The maximum Gasteiger partial charge on any atom is 0.126 e. The van der Waals surface area contributed by atoms with Gasteiger partial charge in [-0.05, 0) is 65.3 Å². The predicted molar refractivity (Wildman–Crippen MR) is 126 cm³/mol. The summed E-state index contributed by atoms with van der Waals surface area (Å²) in [6.07, 6.45) is 8.79. The Morgan fingerprint density at radius 1 is 0.767 bits per heavy atom. The van der Waals surface area contributed by atoms with Gasteiger partial charge in [-0.25, -0.2) is 4.98 Å². The van der Waals surface area contributed by atoms with Gasteiger partial charge in [-0.2, -0.15) is 0 Å². The number of hydrogen-bond acceptors (Lipinski definition) is 3. The van der Waals surface area contributed by atoms with Crippen LogP contribution in [0.1, 0.15) is 24.5 Å². The molecule has 0 amide bonds. The van der Waals surface area contributed by atoms with Gasteiger partial charge >= 0.3 is 0 Å². The fourth-order valence-corrected chi connectivity index (χ4v) is 3.66. The van der Waals surface area contributed by atoms with E-state index in [2.05, 4.69) is 77.9 Å². The number of anilines is 1. The summed E-state index contributed by atoms with van der Waals surface area (Å²) in [7, 11) is 0. The number of nitrogens with one attached hydrogen (secondary N) is 1. The second-order valence-corrected chi connectivity index (χ2v) is 7.42. The van der Waals surface area contributed by atoms with E-state index in [1.807, 2.05) is 30.7 Å². The van der Waals surface area contributed by atoms with Crippen LogP contribution in [0.5, 0.6) is 0 Å². The fourth-order valence-electron chi connectivity index (χ4n) is 3.66. The molecule has 4 aromatic rings. The van der Waals surface area contributed by atoms with E-state index >= 15 is 0 Å². The standard InChI is InChI=1S/C27H27N3/c1-2-21-10-6-12-24(18-21)25-19-27(29-15-7-11-22-8-4-3-5-9-22)30-20-26(25)23-13-16-28-17-14-23/h3-6,8-10,12-14,16-20H,2,7,11,15H2,1H3,(H,29,30). The average molecular weight is 394 g/mol. The van der Waals surface area contributed by atoms with Crippen molar-refractivity contribution in [3.8, 4) is 22.3 Å². The molecule has 1 N–H and O–H groups in total. The lowest BCUT2D eigenvalue weighted by molar-refractivity contribution is 0.859. The minimum atomic E-state index is 0.894. The minimum absolute atomic E-state index is 0.894. The van der Waals surface area contributed by atoms with Crippen LogP contribution >= 0.6 is 0 Å². The summed E-state index contributed by atoms with van der Waals surface area (Å²) in [4.78, 5) is 8.86. The van der Waals surface area contributed by atoms with Gasteiger partial charge < -0.3 is 5.32 Å². The molecule has 2 heterocycles. The number of hydrogen-bond donors (Lipinski definition) is 1. The summed E-state index contributed by atoms with van der Waals surface area (Å²) < 4.78 is 0. The third kappa shape index (κ3) is 4.93. The molecular formula is C27H27N3. The molecule has 0 atom stereocenters. The third-order valence-corrected chi connectivity index (χ3v) is 5.33. The number of nitrogens with zero attached hydrogens (tertiary/aromatic N) is 2. The summed E-state index contributed by atoms with van der Waals surface area (Å²) in [5, 5.41) is 3.51. The van der Waals surface area contributed by atoms with Gasteiger partial charge in [0.15, 0.2) is 0 Å². The zero-order chi connectivity index (χ0) is 20.6. The first-order valence-electron chi connectivity index (χ1n) is 10.6. The van der Waals surface area contributed by atoms with E-state index in [1.165, 1.54) is 22.3 Å². The van der Waals surface area contributed by atoms with E-state index in [9.17, 15) is 0 Å². The Labute approximate surface area is 178 Å². The highest BCUT2D eigenvalue weighted by Gasteiger charge is 2.10. The fraction of sp³-hybridized carbons (Fsp3) is 0.185. The molecule has 4 rings (SSSR count). The quantitative estimate of drug-likeness (QED) is 0.351. The lowest BCUT2D eigenvalue weighted by atomic mass is 9.95. The molecule has 150 valence electrons. The summed E-state index contributed by atoms with van der Waals surface area (Å²) in [5.41, 5.74) is 7.37. The van der Waals surface area contributed by atoms with Crippen LogP contribution < -0.4 is 5.32 Å². The molecule has 0 aliphatic rings. The van der Waals surface area contributed by atoms with Crippen molar-refractivity contribution >= 4 is 5.82 Å². The summed E-state index contributed by atoms with van der Waals surface area (Å²) in [6, 6.07) is 25.6. The zero-order valence-electron chi connectivity index (χ0n) is 17.4. The van der Waals surface area contributed by atoms with Gasteiger partial charge in [0.2, 0.25) is 0 Å². The second-order valence-electron chi connectivity index (χ2n) is 7.42. The minimum Gasteiger partial charge on any atom is -0.370 e. The van der Waals surface area contributed by atoms with Gasteiger partial charge in [-0.15, -0.1) is 0 Å². The number of pyridine rings is 2. The van der Waals surface area contributed by atoms with Crippen molar-refractivity contribution in [3.63, 3.8) is 0 Å². The van der Waals surface area contributed by atoms with Gasteiger partial charge in [0.1, 0.15) is 5.82 Å². The van der Waals surface area contributed by atoms with Gasteiger partial charge in [0.05, 0.1) is 0 Å². The van der Waals surface area contributed by atoms with Crippen molar-refractivity contribution in [1.82, 2.24) is 9.97 Å². The van der Waals surface area contributed by atoms with Gasteiger partial charge in [-0.3, -0.25) is 4.98 Å². The molecule has 3 nitrogen and oxygen atoms in total. The molecule has 0 aliphatic carbocycles. The molecule has 0 bridgehead atoms. The molecule has 0 saturated heterocycles. The van der Waals surface area contributed by atoms with E-state index in [0.717, 1.165) is 42.8 Å². The monoisotopic (exact) mass is 393 g/mol. The molecule has 0 unspecified atom stereocenters. The Morgan fingerprint density at radius 2 is 1.57 bits per heavy atom. The van der Waals surface area contributed by atoms with Crippen molar-refractivity contribution in [2.45, 2.75) is 26.2 Å². The Kier molecular flexibility index (Phi) is 6.51. The Balaban J connectivity index is 1.57. The third-order valence-electron chi connectivity index (χ3n) is 5.33. The van der Waals surface area contributed by atoms with E-state index in [0.29, 0.717) is 0 Å². The lowest BCUT2D eigenvalue weighted by Crippen LogP contribution is -2.05. The number of aryl methyl sites for hydroxylation is 2. The molecule has 30 heavy (non-hydrogen) atoms. The van der Waals surface area contributed by atoms with Crippen LogP contribution in [0.25, 0.3) is 22.3 Å². The van der Waals surface area contributed by atoms with Crippen molar-refractivity contribution < 1.29 is 0 Å². The van der Waals surface area contributed by atoms with E-state index in [1.54, 1.807) is 0 Å². The Hall–Kier alpha value is -3.46. The van der Waals surface area contributed by atoms with Gasteiger partial charge in [0.25, 0.3) is 0 Å². The van der Waals surface area contributed by atoms with Crippen LogP contribution in [-0.2, 0) is 12.8 Å². The van der Waals surface area contributed by atoms with E-state index in [-0.39, 0.29) is 0 Å². The predicted octanol–water partition coefficient (Wildman–Crippen LogP) is 6.42. The van der Waals surface area contributed by atoms with Gasteiger partial charge in [-0.1, -0.05) is 61.5 Å². The van der Waals surface area contributed by atoms with Crippen LogP contribution in [-0.4, -0.2) is 16.5 Å². The van der Waals surface area contributed by atoms with Crippen LogP contribution in [0.15, 0.2) is 91.4 Å². The summed E-state index contributed by atoms with van der Waals surface area (Å²) >= 11 is 0. The van der Waals surface area contributed by atoms with Crippen LogP contribution in [0.3, 0.4) is 0 Å². The molecule has 0 aliphatic heterocycles. The highest BCUT2D eigenvalue weighted by molar-refractivity contribution is 5.84. The first-order valence-corrected chi connectivity index (χ1v) is 10.6. The molecule has 2 aromatic heterocycles. The zero-order valence-corrected chi connectivity index (χ0v) is 17.4. The highest BCUT2D eigenvalue weighted by Crippen LogP contribution is 2.33. The van der Waals surface area contributed by atoms with Crippen molar-refractivity contribution in [3.05, 3.63) is 103 Å². The Bertz CT molecular complexity index is 1080. The van der Waals surface area contributed by atoms with Crippen molar-refractivity contribution in [1.29, 1.82) is 0 Å². The SMILES string of the molecule is CCc1cccc(-c2cc(NCCCc3ccccc3)ncc2-c2ccncc2)c1. The molecular weight excluding hydrogens is 366 g/mol. The normalized spacial score (nSPS) is 10.7. The van der Waals surface area contributed by atoms with Gasteiger partial charge in [0, 0.05) is 30.7 Å². The molecule has 0 fully saturated rings. The highest BCUT2D eigenvalue weighted by atomic mass is 15.0. The van der Waals surface area contributed by atoms with Crippen molar-refractivity contribution in [2.75, 3.05) is 11.9 Å². The van der Waals surface area contributed by atoms with Crippen molar-refractivity contribution in [2.24, 2.45) is 0 Å². The maximum atomic E-state index is 4.70. The van der Waals surface area contributed by atoms with Crippen LogP contribution in [0.4, 0.5) is 5.82 Å². The number of rotatable bonds is 8. The first kappa shape index (κ1) is 19.8. The molecule has 3 heteroatoms. The molecule has 0 saturated carbocycles. The summed E-state index contributed by atoms with van der Waals surface area (Å²) in [5.74, 6) is 0.915. The van der Waals surface area contributed by atoms with Crippen LogP contribution in [0, 0.1) is 0 Å². The molecule has 0 radical (unpaired) electrons. The second kappa shape index (κ2) is 9.84. The summed E-state index contributed by atoms with van der Waals surface area (Å²) in [6.45, 7) is 3.08. The molecule has 0 spiro atoms. The maximum absolute atomic E-state index is 4.70. The van der Waals surface area contributed by atoms with E-state index in [4.69, 9.17) is 4.98 Å². The van der Waals surface area contributed by atoms with Crippen LogP contribution in [0.2, 0.25) is 0 Å². The smallest absolute Gasteiger partial charge is 0.126 e. The average Bonchev–Trinajstić information content (AvgIpc) is 2.83. The largest absolute Gasteiger partial charge is 0.370 e.